The minimum atomic E-state index is -0.731. The Hall–Kier alpha value is -3.93. The van der Waals surface area contributed by atoms with Crippen molar-refractivity contribution < 1.29 is 19.4 Å². The first-order chi connectivity index (χ1) is 17.1. The molecule has 0 saturated carbocycles. The molecule has 2 heterocycles. The van der Waals surface area contributed by atoms with Crippen molar-refractivity contribution in [3.63, 3.8) is 0 Å². The summed E-state index contributed by atoms with van der Waals surface area (Å²) in [5, 5.41) is 11.4. The first kappa shape index (κ1) is 25.2. The van der Waals surface area contributed by atoms with E-state index in [4.69, 9.17) is 4.74 Å². The highest BCUT2D eigenvalue weighted by atomic mass is 16.5. The van der Waals surface area contributed by atoms with E-state index in [2.05, 4.69) is 25.8 Å². The van der Waals surface area contributed by atoms with Crippen LogP contribution in [0.5, 0.6) is 5.75 Å². The molecule has 186 valence electrons. The Balaban J connectivity index is 1.85. The van der Waals surface area contributed by atoms with E-state index in [1.165, 1.54) is 4.90 Å². The van der Waals surface area contributed by atoms with E-state index in [1.54, 1.807) is 30.6 Å². The molecule has 0 radical (unpaired) electrons. The molecule has 0 spiro atoms. The van der Waals surface area contributed by atoms with Crippen LogP contribution in [0.1, 0.15) is 61.6 Å². The van der Waals surface area contributed by atoms with Crippen LogP contribution < -0.4 is 4.74 Å². The lowest BCUT2D eigenvalue weighted by Crippen LogP contribution is -2.29. The third-order valence-electron chi connectivity index (χ3n) is 6.47. The fraction of sp³-hybridized carbons (Fsp3) is 0.300. The zero-order valence-corrected chi connectivity index (χ0v) is 21.4. The van der Waals surface area contributed by atoms with Gasteiger partial charge in [0, 0.05) is 24.5 Å². The van der Waals surface area contributed by atoms with Crippen LogP contribution in [0, 0.1) is 6.92 Å². The minimum Gasteiger partial charge on any atom is -0.507 e. The maximum absolute atomic E-state index is 13.4. The summed E-state index contributed by atoms with van der Waals surface area (Å²) in [7, 11) is 0. The van der Waals surface area contributed by atoms with Gasteiger partial charge in [0.2, 0.25) is 0 Å². The van der Waals surface area contributed by atoms with Crippen molar-refractivity contribution >= 4 is 17.4 Å². The van der Waals surface area contributed by atoms with E-state index in [0.717, 1.165) is 22.3 Å². The van der Waals surface area contributed by atoms with Gasteiger partial charge in [-0.15, -0.1) is 0 Å². The van der Waals surface area contributed by atoms with Crippen LogP contribution in [-0.4, -0.2) is 33.3 Å². The fourth-order valence-corrected chi connectivity index (χ4v) is 4.55. The molecule has 36 heavy (non-hydrogen) atoms. The van der Waals surface area contributed by atoms with Gasteiger partial charge < -0.3 is 14.7 Å². The van der Waals surface area contributed by atoms with Gasteiger partial charge >= 0.3 is 0 Å². The summed E-state index contributed by atoms with van der Waals surface area (Å²) in [6, 6.07) is 16.1. The summed E-state index contributed by atoms with van der Waals surface area (Å²) in [6.45, 7) is 10.9. The molecule has 1 aliphatic heterocycles. The highest BCUT2D eigenvalue weighted by Crippen LogP contribution is 2.41. The van der Waals surface area contributed by atoms with E-state index in [-0.39, 0.29) is 23.3 Å². The lowest BCUT2D eigenvalue weighted by atomic mass is 9.85. The molecule has 1 N–H and O–H groups in total. The number of hydrogen-bond acceptors (Lipinski definition) is 5. The topological polar surface area (TPSA) is 79.7 Å². The molecule has 1 amide bonds. The lowest BCUT2D eigenvalue weighted by molar-refractivity contribution is -0.140. The largest absolute Gasteiger partial charge is 0.507 e. The number of Topliss-reactive ketones (excluding diaryl/α,β-unsaturated/α-hetero) is 1. The number of ketones is 1. The number of rotatable bonds is 6. The smallest absolute Gasteiger partial charge is 0.295 e. The number of amides is 1. The van der Waals surface area contributed by atoms with Crippen LogP contribution in [0.2, 0.25) is 0 Å². The van der Waals surface area contributed by atoms with Crippen molar-refractivity contribution in [1.82, 2.24) is 9.88 Å². The predicted molar refractivity (Wildman–Crippen MR) is 140 cm³/mol. The molecule has 1 saturated heterocycles. The Morgan fingerprint density at radius 1 is 1.08 bits per heavy atom. The second-order valence-electron chi connectivity index (χ2n) is 10.1. The normalized spacial score (nSPS) is 17.5. The summed E-state index contributed by atoms with van der Waals surface area (Å²) in [5.74, 6) is -0.853. The van der Waals surface area contributed by atoms with Gasteiger partial charge in [0.05, 0.1) is 18.2 Å². The first-order valence-electron chi connectivity index (χ1n) is 12.1. The molecule has 1 aromatic heterocycles. The number of nitrogens with zero attached hydrogens (tertiary/aromatic N) is 2. The summed E-state index contributed by atoms with van der Waals surface area (Å²) in [6.07, 6.45) is 3.34. The van der Waals surface area contributed by atoms with Crippen LogP contribution in [0.3, 0.4) is 0 Å². The number of hydrogen-bond donors (Lipinski definition) is 1. The highest BCUT2D eigenvalue weighted by Gasteiger charge is 2.46. The third-order valence-corrected chi connectivity index (χ3v) is 6.47. The van der Waals surface area contributed by atoms with E-state index in [1.807, 2.05) is 50.2 Å². The quantitative estimate of drug-likeness (QED) is 0.275. The van der Waals surface area contributed by atoms with Gasteiger partial charge in [-0.25, -0.2) is 0 Å². The van der Waals surface area contributed by atoms with Crippen molar-refractivity contribution in [2.75, 3.05) is 6.61 Å². The van der Waals surface area contributed by atoms with Gasteiger partial charge in [0.15, 0.2) is 0 Å². The molecular formula is C30H32N2O4. The van der Waals surface area contributed by atoms with Crippen LogP contribution in [0.15, 0.2) is 72.6 Å². The number of aryl methyl sites for hydroxylation is 1. The van der Waals surface area contributed by atoms with Crippen LogP contribution in [0.4, 0.5) is 0 Å². The number of likely N-dealkylation sites (tertiary alicyclic amines) is 1. The molecule has 0 bridgehead atoms. The SMILES string of the molecule is CCOc1ccc(/C(O)=C2\C(=O)C(=O)N(Cc3cccnc3)C2c2ccc(C(C)(C)C)cc2)c(C)c1. The average Bonchev–Trinajstić information content (AvgIpc) is 3.09. The monoisotopic (exact) mass is 484 g/mol. The Morgan fingerprint density at radius 3 is 2.39 bits per heavy atom. The maximum Gasteiger partial charge on any atom is 0.295 e. The molecule has 1 unspecified atom stereocenters. The number of pyridine rings is 1. The van der Waals surface area contributed by atoms with Gasteiger partial charge in [-0.3, -0.25) is 14.6 Å². The van der Waals surface area contributed by atoms with Gasteiger partial charge in [-0.2, -0.15) is 0 Å². The molecule has 3 aromatic rings. The Bertz CT molecular complexity index is 1310. The molecule has 2 aromatic carbocycles. The molecule has 1 atom stereocenters. The van der Waals surface area contributed by atoms with Crippen LogP contribution in [-0.2, 0) is 21.5 Å². The molecule has 6 nitrogen and oxygen atoms in total. The van der Waals surface area contributed by atoms with Crippen LogP contribution >= 0.6 is 0 Å². The summed E-state index contributed by atoms with van der Waals surface area (Å²) >= 11 is 0. The van der Waals surface area contributed by atoms with E-state index in [0.29, 0.717) is 17.9 Å². The highest BCUT2D eigenvalue weighted by molar-refractivity contribution is 6.46. The maximum atomic E-state index is 13.4. The summed E-state index contributed by atoms with van der Waals surface area (Å²) < 4.78 is 5.56. The lowest BCUT2D eigenvalue weighted by Gasteiger charge is -2.26. The zero-order valence-electron chi connectivity index (χ0n) is 21.4. The van der Waals surface area contributed by atoms with Crippen molar-refractivity contribution in [3.8, 4) is 5.75 Å². The molecule has 1 fully saturated rings. The third kappa shape index (κ3) is 4.89. The van der Waals surface area contributed by atoms with Gasteiger partial charge in [-0.1, -0.05) is 51.1 Å². The predicted octanol–water partition coefficient (Wildman–Crippen LogP) is 5.71. The number of benzene rings is 2. The van der Waals surface area contributed by atoms with E-state index < -0.39 is 17.7 Å². The van der Waals surface area contributed by atoms with Crippen LogP contribution in [0.25, 0.3) is 5.76 Å². The van der Waals surface area contributed by atoms with E-state index >= 15 is 0 Å². The Morgan fingerprint density at radius 2 is 1.81 bits per heavy atom. The van der Waals surface area contributed by atoms with Crippen molar-refractivity contribution in [3.05, 3.63) is 100 Å². The molecule has 0 aliphatic carbocycles. The van der Waals surface area contributed by atoms with Gasteiger partial charge in [0.25, 0.3) is 11.7 Å². The minimum absolute atomic E-state index is 0.0462. The summed E-state index contributed by atoms with van der Waals surface area (Å²) in [4.78, 5) is 32.3. The average molecular weight is 485 g/mol. The van der Waals surface area contributed by atoms with Crippen molar-refractivity contribution in [2.24, 2.45) is 0 Å². The van der Waals surface area contributed by atoms with Crippen molar-refractivity contribution in [1.29, 1.82) is 0 Å². The number of aliphatic hydroxyl groups is 1. The molecule has 1 aliphatic rings. The Kier molecular flexibility index (Phi) is 6.97. The van der Waals surface area contributed by atoms with Gasteiger partial charge in [-0.05, 0) is 65.8 Å². The molecular weight excluding hydrogens is 452 g/mol. The standard InChI is InChI=1S/C30H32N2O4/c1-6-36-23-13-14-24(19(2)16-23)27(33)25-26(21-9-11-22(12-10-21)30(3,4)5)32(29(35)28(25)34)18-20-8-7-15-31-17-20/h7-17,26,33H,6,18H2,1-5H3/b27-25+. The second-order valence-corrected chi connectivity index (χ2v) is 10.1. The Labute approximate surface area is 212 Å². The number of carbonyl (C=O) groups excluding carboxylic acids is 2. The van der Waals surface area contributed by atoms with Gasteiger partial charge in [0.1, 0.15) is 11.5 Å². The zero-order chi connectivity index (χ0) is 26.0. The number of aromatic nitrogens is 1. The van der Waals surface area contributed by atoms with Crippen molar-refractivity contribution in [2.45, 2.75) is 52.6 Å². The second kappa shape index (κ2) is 9.97. The molecule has 4 rings (SSSR count). The molecule has 6 heteroatoms. The van der Waals surface area contributed by atoms with E-state index in [9.17, 15) is 14.7 Å². The number of aliphatic hydroxyl groups excluding tert-OH is 1. The number of carbonyl (C=O) groups is 2. The summed E-state index contributed by atoms with van der Waals surface area (Å²) in [5.41, 5.74) is 3.98. The first-order valence-corrected chi connectivity index (χ1v) is 12.1. The number of ether oxygens (including phenoxy) is 1. The fourth-order valence-electron chi connectivity index (χ4n) is 4.55.